The van der Waals surface area contributed by atoms with Gasteiger partial charge in [0.1, 0.15) is 11.5 Å². The topological polar surface area (TPSA) is 38.9 Å². The molecule has 1 aromatic heterocycles. The van der Waals surface area contributed by atoms with Gasteiger partial charge in [-0.2, -0.15) is 13.2 Å². The SMILES string of the molecule is Cc1c(C(F)F)cc(N)nc1C(F)(F)F. The number of nitrogens with zero attached hydrogens (tertiary/aromatic N) is 1. The summed E-state index contributed by atoms with van der Waals surface area (Å²) in [6, 6.07) is 0.745. The largest absolute Gasteiger partial charge is 0.433 e. The van der Waals surface area contributed by atoms with E-state index < -0.39 is 35.2 Å². The van der Waals surface area contributed by atoms with Crippen molar-refractivity contribution in [2.45, 2.75) is 19.5 Å². The fourth-order valence-electron chi connectivity index (χ4n) is 1.15. The molecule has 2 nitrogen and oxygen atoms in total. The van der Waals surface area contributed by atoms with Gasteiger partial charge >= 0.3 is 6.18 Å². The van der Waals surface area contributed by atoms with Gasteiger partial charge in [-0.3, -0.25) is 0 Å². The molecule has 0 unspecified atom stereocenters. The number of nitrogen functional groups attached to an aromatic ring is 1. The molecule has 0 saturated carbocycles. The van der Waals surface area contributed by atoms with Crippen LogP contribution in [-0.4, -0.2) is 4.98 Å². The standard InChI is InChI=1S/C8H7F5N2/c1-3-4(7(9)10)2-5(14)15-6(3)8(11,12)13/h2,7H,1H3,(H2,14,15). The molecule has 0 bridgehead atoms. The van der Waals surface area contributed by atoms with Crippen molar-refractivity contribution in [3.8, 4) is 0 Å². The Bertz CT molecular complexity index is 372. The van der Waals surface area contributed by atoms with E-state index in [0.717, 1.165) is 13.0 Å². The van der Waals surface area contributed by atoms with Crippen LogP contribution in [0.1, 0.15) is 23.2 Å². The Labute approximate surface area is 81.9 Å². The Morgan fingerprint density at radius 2 is 1.87 bits per heavy atom. The van der Waals surface area contributed by atoms with E-state index in [0.29, 0.717) is 0 Å². The maximum absolute atomic E-state index is 12.3. The summed E-state index contributed by atoms with van der Waals surface area (Å²) in [5.41, 5.74) is 2.32. The predicted molar refractivity (Wildman–Crippen MR) is 43.3 cm³/mol. The quantitative estimate of drug-likeness (QED) is 0.747. The molecule has 0 aliphatic carbocycles. The van der Waals surface area contributed by atoms with E-state index in [1.165, 1.54) is 0 Å². The van der Waals surface area contributed by atoms with Crippen molar-refractivity contribution in [2.75, 3.05) is 5.73 Å². The lowest BCUT2D eigenvalue weighted by Crippen LogP contribution is -2.14. The molecule has 7 heteroatoms. The number of hydrogen-bond donors (Lipinski definition) is 1. The number of aromatic nitrogens is 1. The second-order valence-corrected chi connectivity index (χ2v) is 2.91. The first-order valence-electron chi connectivity index (χ1n) is 3.86. The van der Waals surface area contributed by atoms with Gasteiger partial charge in [0.05, 0.1) is 0 Å². The Balaban J connectivity index is 3.42. The Kier molecular flexibility index (Phi) is 2.83. The van der Waals surface area contributed by atoms with Crippen LogP contribution in [0.2, 0.25) is 0 Å². The molecule has 0 amide bonds. The zero-order chi connectivity index (χ0) is 11.8. The molecule has 0 atom stereocenters. The zero-order valence-electron chi connectivity index (χ0n) is 7.57. The molecule has 0 radical (unpaired) electrons. The van der Waals surface area contributed by atoms with Crippen LogP contribution in [0.25, 0.3) is 0 Å². The summed E-state index contributed by atoms with van der Waals surface area (Å²) in [6.07, 6.45) is -7.78. The third-order valence-electron chi connectivity index (χ3n) is 1.84. The summed E-state index contributed by atoms with van der Waals surface area (Å²) < 4.78 is 61.6. The minimum Gasteiger partial charge on any atom is -0.384 e. The summed E-state index contributed by atoms with van der Waals surface area (Å²) in [7, 11) is 0. The molecule has 0 aliphatic rings. The lowest BCUT2D eigenvalue weighted by Gasteiger charge is -2.13. The zero-order valence-corrected chi connectivity index (χ0v) is 7.57. The summed E-state index contributed by atoms with van der Waals surface area (Å²) in [5.74, 6) is -0.566. The highest BCUT2D eigenvalue weighted by Crippen LogP contribution is 2.35. The van der Waals surface area contributed by atoms with Crippen molar-refractivity contribution >= 4 is 5.82 Å². The Morgan fingerprint density at radius 3 is 2.27 bits per heavy atom. The van der Waals surface area contributed by atoms with Crippen LogP contribution < -0.4 is 5.73 Å². The van der Waals surface area contributed by atoms with Gasteiger partial charge in [-0.25, -0.2) is 13.8 Å². The lowest BCUT2D eigenvalue weighted by molar-refractivity contribution is -0.141. The van der Waals surface area contributed by atoms with Crippen LogP contribution >= 0.6 is 0 Å². The summed E-state index contributed by atoms with van der Waals surface area (Å²) in [4.78, 5) is 3.01. The van der Waals surface area contributed by atoms with E-state index in [2.05, 4.69) is 4.98 Å². The first-order valence-corrected chi connectivity index (χ1v) is 3.86. The van der Waals surface area contributed by atoms with Gasteiger partial charge in [0.25, 0.3) is 6.43 Å². The Morgan fingerprint density at radius 1 is 1.33 bits per heavy atom. The maximum atomic E-state index is 12.3. The van der Waals surface area contributed by atoms with Gasteiger partial charge in [0.2, 0.25) is 0 Å². The lowest BCUT2D eigenvalue weighted by atomic mass is 10.1. The molecule has 0 spiro atoms. The van der Waals surface area contributed by atoms with E-state index in [1.807, 2.05) is 0 Å². The van der Waals surface area contributed by atoms with E-state index >= 15 is 0 Å². The van der Waals surface area contributed by atoms with Crippen LogP contribution in [-0.2, 0) is 6.18 Å². The van der Waals surface area contributed by atoms with Crippen LogP contribution in [0.15, 0.2) is 6.07 Å². The Hall–Kier alpha value is -1.40. The molecule has 2 N–H and O–H groups in total. The van der Waals surface area contributed by atoms with Crippen molar-refractivity contribution < 1.29 is 22.0 Å². The molecule has 1 rings (SSSR count). The third-order valence-corrected chi connectivity index (χ3v) is 1.84. The normalized spacial score (nSPS) is 12.2. The van der Waals surface area contributed by atoms with E-state index in [4.69, 9.17) is 5.73 Å². The minimum atomic E-state index is -4.77. The number of rotatable bonds is 1. The number of halogens is 5. The van der Waals surface area contributed by atoms with Gasteiger partial charge in [0, 0.05) is 5.56 Å². The number of anilines is 1. The highest BCUT2D eigenvalue weighted by atomic mass is 19.4. The first-order chi connectivity index (χ1) is 6.73. The van der Waals surface area contributed by atoms with Crippen LogP contribution in [0.4, 0.5) is 27.8 Å². The summed E-state index contributed by atoms with van der Waals surface area (Å²) >= 11 is 0. The van der Waals surface area contributed by atoms with E-state index in [9.17, 15) is 22.0 Å². The predicted octanol–water partition coefficient (Wildman–Crippen LogP) is 2.93. The average Bonchev–Trinajstić information content (AvgIpc) is 2.06. The van der Waals surface area contributed by atoms with Gasteiger partial charge in [-0.05, 0) is 18.6 Å². The van der Waals surface area contributed by atoms with E-state index in [-0.39, 0.29) is 0 Å². The molecule has 0 aromatic carbocycles. The molecule has 1 heterocycles. The highest BCUT2D eigenvalue weighted by Gasteiger charge is 2.36. The van der Waals surface area contributed by atoms with Crippen molar-refractivity contribution in [2.24, 2.45) is 0 Å². The molecule has 15 heavy (non-hydrogen) atoms. The summed E-state index contributed by atoms with van der Waals surface area (Å²) in [5, 5.41) is 0. The summed E-state index contributed by atoms with van der Waals surface area (Å²) in [6.45, 7) is 0.941. The maximum Gasteiger partial charge on any atom is 0.433 e. The molecular weight excluding hydrogens is 219 g/mol. The second kappa shape index (κ2) is 3.63. The number of pyridine rings is 1. The molecule has 0 saturated heterocycles. The first kappa shape index (κ1) is 11.7. The third kappa shape index (κ3) is 2.34. The molecule has 0 fully saturated rings. The van der Waals surface area contributed by atoms with Gasteiger partial charge in [-0.15, -0.1) is 0 Å². The van der Waals surface area contributed by atoms with Crippen LogP contribution in [0, 0.1) is 6.92 Å². The van der Waals surface area contributed by atoms with E-state index in [1.54, 1.807) is 0 Å². The highest BCUT2D eigenvalue weighted by molar-refractivity contribution is 5.42. The number of alkyl halides is 5. The van der Waals surface area contributed by atoms with Gasteiger partial charge in [0.15, 0.2) is 0 Å². The van der Waals surface area contributed by atoms with Crippen molar-refractivity contribution in [3.05, 3.63) is 22.9 Å². The molecule has 84 valence electrons. The fraction of sp³-hybridized carbons (Fsp3) is 0.375. The average molecular weight is 226 g/mol. The number of hydrogen-bond acceptors (Lipinski definition) is 2. The molecule has 1 aromatic rings. The van der Waals surface area contributed by atoms with Crippen LogP contribution in [0.3, 0.4) is 0 Å². The monoisotopic (exact) mass is 226 g/mol. The van der Waals surface area contributed by atoms with Crippen molar-refractivity contribution in [3.63, 3.8) is 0 Å². The molecule has 0 aliphatic heterocycles. The van der Waals surface area contributed by atoms with Crippen molar-refractivity contribution in [1.82, 2.24) is 4.98 Å². The second-order valence-electron chi connectivity index (χ2n) is 2.91. The fourth-order valence-corrected chi connectivity index (χ4v) is 1.15. The molecular formula is C8H7F5N2. The van der Waals surface area contributed by atoms with Crippen molar-refractivity contribution in [1.29, 1.82) is 0 Å². The smallest absolute Gasteiger partial charge is 0.384 e. The minimum absolute atomic E-state index is 0.566. The van der Waals surface area contributed by atoms with Crippen LogP contribution in [0.5, 0.6) is 0 Å². The van der Waals surface area contributed by atoms with Gasteiger partial charge < -0.3 is 5.73 Å². The number of nitrogens with two attached hydrogens (primary N) is 1. The van der Waals surface area contributed by atoms with Gasteiger partial charge in [-0.1, -0.05) is 0 Å².